The summed E-state index contributed by atoms with van der Waals surface area (Å²) < 4.78 is 24.9. The number of amides is 1. The molecule has 0 fully saturated rings. The van der Waals surface area contributed by atoms with E-state index >= 15 is 0 Å². The number of hydrogen-bond donors (Lipinski definition) is 2. The van der Waals surface area contributed by atoms with Gasteiger partial charge in [-0.25, -0.2) is 0 Å². The molecule has 1 rings (SSSR count). The van der Waals surface area contributed by atoms with Gasteiger partial charge in [-0.05, 0) is 25.1 Å². The highest BCUT2D eigenvalue weighted by molar-refractivity contribution is 7.99. The van der Waals surface area contributed by atoms with Crippen LogP contribution in [0.5, 0.6) is 0 Å². The van der Waals surface area contributed by atoms with Crippen molar-refractivity contribution in [3.8, 4) is 0 Å². The van der Waals surface area contributed by atoms with E-state index in [1.807, 2.05) is 11.8 Å². The Morgan fingerprint density at radius 3 is 2.71 bits per heavy atom. The maximum Gasteiger partial charge on any atom is 0.288 e. The minimum Gasteiger partial charge on any atom is -0.395 e. The van der Waals surface area contributed by atoms with Gasteiger partial charge in [-0.1, -0.05) is 30.8 Å². The van der Waals surface area contributed by atoms with Gasteiger partial charge in [0.2, 0.25) is 5.91 Å². The van der Waals surface area contributed by atoms with Crippen LogP contribution in [-0.2, 0) is 4.79 Å². The molecule has 4 nitrogen and oxygen atoms in total. The van der Waals surface area contributed by atoms with Gasteiger partial charge < -0.3 is 10.4 Å². The summed E-state index contributed by atoms with van der Waals surface area (Å²) in [5.74, 6) is -2.81. The second kappa shape index (κ2) is 9.70. The first-order chi connectivity index (χ1) is 10.1. The van der Waals surface area contributed by atoms with E-state index in [0.29, 0.717) is 35.4 Å². The number of rotatable bonds is 9. The van der Waals surface area contributed by atoms with Crippen LogP contribution in [-0.4, -0.2) is 47.9 Å². The Morgan fingerprint density at radius 2 is 2.10 bits per heavy atom. The molecule has 0 spiro atoms. The van der Waals surface area contributed by atoms with Crippen LogP contribution >= 0.6 is 11.8 Å². The molecule has 0 aliphatic heterocycles. The van der Waals surface area contributed by atoms with E-state index in [2.05, 4.69) is 5.32 Å². The van der Waals surface area contributed by atoms with Crippen LogP contribution in [0.1, 0.15) is 13.3 Å². The predicted octanol–water partition coefficient (Wildman–Crippen LogP) is 2.64. The molecular formula is C14H20F2N2O2S. The van der Waals surface area contributed by atoms with E-state index < -0.39 is 5.76 Å². The quantitative estimate of drug-likeness (QED) is 0.687. The predicted molar refractivity (Wildman–Crippen MR) is 80.7 cm³/mol. The van der Waals surface area contributed by atoms with Gasteiger partial charge in [0.15, 0.2) is 0 Å². The summed E-state index contributed by atoms with van der Waals surface area (Å²) in [6, 6.07) is 6.47. The lowest BCUT2D eigenvalue weighted by Gasteiger charge is -2.20. The normalized spacial score (nSPS) is 11.1. The van der Waals surface area contributed by atoms with Gasteiger partial charge in [0, 0.05) is 11.4 Å². The third-order valence-electron chi connectivity index (χ3n) is 2.70. The fourth-order valence-electron chi connectivity index (χ4n) is 1.89. The molecule has 0 aromatic heterocycles. The van der Waals surface area contributed by atoms with Gasteiger partial charge in [-0.15, -0.1) is 0 Å². The van der Waals surface area contributed by atoms with Crippen LogP contribution < -0.4 is 5.32 Å². The number of hydrogen-bond acceptors (Lipinski definition) is 4. The van der Waals surface area contributed by atoms with Crippen LogP contribution in [0.3, 0.4) is 0 Å². The van der Waals surface area contributed by atoms with Crippen LogP contribution in [0.15, 0.2) is 29.2 Å². The molecule has 1 amide bonds. The summed E-state index contributed by atoms with van der Waals surface area (Å²) >= 11 is 0.405. The van der Waals surface area contributed by atoms with Gasteiger partial charge >= 0.3 is 0 Å². The number of anilines is 1. The van der Waals surface area contributed by atoms with E-state index in [4.69, 9.17) is 5.11 Å². The molecular weight excluding hydrogens is 298 g/mol. The minimum atomic E-state index is -2.53. The molecule has 0 saturated heterocycles. The number of alkyl halides is 2. The number of para-hydroxylation sites is 1. The van der Waals surface area contributed by atoms with Crippen molar-refractivity contribution >= 4 is 23.4 Å². The number of halogens is 2. The van der Waals surface area contributed by atoms with E-state index in [9.17, 15) is 13.6 Å². The molecule has 0 aliphatic rings. The van der Waals surface area contributed by atoms with Crippen molar-refractivity contribution in [3.05, 3.63) is 24.3 Å². The van der Waals surface area contributed by atoms with E-state index in [1.54, 1.807) is 24.3 Å². The second-order valence-electron chi connectivity index (χ2n) is 4.42. The molecule has 21 heavy (non-hydrogen) atoms. The van der Waals surface area contributed by atoms with Crippen LogP contribution in [0, 0.1) is 0 Å². The zero-order chi connectivity index (χ0) is 15.7. The average Bonchev–Trinajstić information content (AvgIpc) is 2.41. The number of benzene rings is 1. The first kappa shape index (κ1) is 17.9. The fraction of sp³-hybridized carbons (Fsp3) is 0.500. The number of aliphatic hydroxyl groups is 1. The van der Waals surface area contributed by atoms with E-state index in [0.717, 1.165) is 6.42 Å². The van der Waals surface area contributed by atoms with Crippen molar-refractivity contribution in [2.24, 2.45) is 0 Å². The molecule has 118 valence electrons. The summed E-state index contributed by atoms with van der Waals surface area (Å²) in [6.07, 6.45) is 0.866. The van der Waals surface area contributed by atoms with Crippen molar-refractivity contribution in [3.63, 3.8) is 0 Å². The Hall–Kier alpha value is -1.18. The Bertz CT molecular complexity index is 441. The molecule has 7 heteroatoms. The van der Waals surface area contributed by atoms with Crippen molar-refractivity contribution in [2.45, 2.75) is 24.0 Å². The largest absolute Gasteiger partial charge is 0.395 e. The molecule has 1 aromatic carbocycles. The molecule has 0 saturated carbocycles. The molecule has 1 aromatic rings. The van der Waals surface area contributed by atoms with Crippen molar-refractivity contribution in [2.75, 3.05) is 31.6 Å². The SMILES string of the molecule is CCCN(CCO)CC(=O)Nc1ccccc1SC(F)F. The number of nitrogens with one attached hydrogen (secondary N) is 1. The number of aliphatic hydroxyl groups excluding tert-OH is 1. The van der Waals surface area contributed by atoms with Crippen molar-refractivity contribution in [1.29, 1.82) is 0 Å². The third kappa shape index (κ3) is 6.88. The molecule has 0 heterocycles. The highest BCUT2D eigenvalue weighted by Gasteiger charge is 2.13. The summed E-state index contributed by atoms with van der Waals surface area (Å²) in [4.78, 5) is 14.1. The Morgan fingerprint density at radius 1 is 1.38 bits per heavy atom. The maximum atomic E-state index is 12.5. The van der Waals surface area contributed by atoms with Crippen molar-refractivity contribution in [1.82, 2.24) is 4.90 Å². The van der Waals surface area contributed by atoms with Crippen molar-refractivity contribution < 1.29 is 18.7 Å². The molecule has 0 aliphatic carbocycles. The van der Waals surface area contributed by atoms with Crippen LogP contribution in [0.4, 0.5) is 14.5 Å². The summed E-state index contributed by atoms with van der Waals surface area (Å²) in [7, 11) is 0. The monoisotopic (exact) mass is 318 g/mol. The summed E-state index contributed by atoms with van der Waals surface area (Å²) in [5, 5.41) is 11.6. The zero-order valence-electron chi connectivity index (χ0n) is 11.9. The van der Waals surface area contributed by atoms with Gasteiger partial charge in [0.1, 0.15) is 0 Å². The van der Waals surface area contributed by atoms with Crippen LogP contribution in [0.2, 0.25) is 0 Å². The standard InChI is InChI=1S/C14H20F2N2O2S/c1-2-7-18(8-9-19)10-13(20)17-11-5-3-4-6-12(11)21-14(15)16/h3-6,14,19H,2,7-10H2,1H3,(H,17,20). The Balaban J connectivity index is 2.65. The number of thioether (sulfide) groups is 1. The van der Waals surface area contributed by atoms with Gasteiger partial charge in [-0.2, -0.15) is 8.78 Å². The Kier molecular flexibility index (Phi) is 8.26. The maximum absolute atomic E-state index is 12.5. The first-order valence-corrected chi connectivity index (χ1v) is 7.61. The highest BCUT2D eigenvalue weighted by atomic mass is 32.2. The van der Waals surface area contributed by atoms with Gasteiger partial charge in [0.05, 0.1) is 18.8 Å². The fourth-order valence-corrected chi connectivity index (χ4v) is 2.48. The lowest BCUT2D eigenvalue weighted by Crippen LogP contribution is -2.35. The molecule has 2 N–H and O–H groups in total. The highest BCUT2D eigenvalue weighted by Crippen LogP contribution is 2.31. The lowest BCUT2D eigenvalue weighted by atomic mass is 10.3. The lowest BCUT2D eigenvalue weighted by molar-refractivity contribution is -0.117. The first-order valence-electron chi connectivity index (χ1n) is 6.73. The van der Waals surface area contributed by atoms with Crippen LogP contribution in [0.25, 0.3) is 0 Å². The molecule has 0 radical (unpaired) electrons. The van der Waals surface area contributed by atoms with E-state index in [1.165, 1.54) is 0 Å². The van der Waals surface area contributed by atoms with E-state index in [-0.39, 0.29) is 19.1 Å². The average molecular weight is 318 g/mol. The second-order valence-corrected chi connectivity index (χ2v) is 5.45. The van der Waals surface area contributed by atoms with Gasteiger partial charge in [0.25, 0.3) is 5.76 Å². The molecule has 0 bridgehead atoms. The molecule has 0 unspecified atom stereocenters. The Labute approximate surface area is 127 Å². The minimum absolute atomic E-state index is 0.0227. The van der Waals surface area contributed by atoms with Gasteiger partial charge in [-0.3, -0.25) is 9.69 Å². The number of nitrogens with zero attached hydrogens (tertiary/aromatic N) is 1. The zero-order valence-corrected chi connectivity index (χ0v) is 12.7. The smallest absolute Gasteiger partial charge is 0.288 e. The summed E-state index contributed by atoms with van der Waals surface area (Å²) in [6.45, 7) is 3.19. The topological polar surface area (TPSA) is 52.6 Å². The molecule has 0 atom stereocenters. The number of carbonyl (C=O) groups is 1. The summed E-state index contributed by atoms with van der Waals surface area (Å²) in [5.41, 5.74) is 0.383. The number of carbonyl (C=O) groups excluding carboxylic acids is 1. The third-order valence-corrected chi connectivity index (χ3v) is 3.49.